The van der Waals surface area contributed by atoms with Crippen LogP contribution in [-0.2, 0) is 0 Å². The topological polar surface area (TPSA) is 47.3 Å². The predicted molar refractivity (Wildman–Crippen MR) is 44.4 cm³/mol. The predicted octanol–water partition coefficient (Wildman–Crippen LogP) is 1.14. The Hall–Kier alpha value is -0.800. The van der Waals surface area contributed by atoms with Crippen LogP contribution >= 0.6 is 0 Å². The lowest BCUT2D eigenvalue weighted by molar-refractivity contribution is -0.208. The van der Waals surface area contributed by atoms with E-state index in [1.807, 2.05) is 0 Å². The fourth-order valence-electron chi connectivity index (χ4n) is 0.874. The van der Waals surface area contributed by atoms with E-state index in [0.717, 1.165) is 0 Å². The van der Waals surface area contributed by atoms with Gasteiger partial charge < -0.3 is 5.11 Å². The highest BCUT2D eigenvalue weighted by Gasteiger charge is 2.39. The Morgan fingerprint density at radius 1 is 1.43 bits per heavy atom. The molecule has 0 saturated carbocycles. The fraction of sp³-hybridized carbons (Fsp3) is 0.875. The van der Waals surface area contributed by atoms with Gasteiger partial charge in [-0.25, -0.2) is 0 Å². The molecule has 0 aliphatic heterocycles. The molecular weight excluding hydrogens is 197 g/mol. The van der Waals surface area contributed by atoms with Gasteiger partial charge in [-0.2, -0.15) is 18.4 Å². The number of halogens is 3. The van der Waals surface area contributed by atoms with Gasteiger partial charge in [0.15, 0.2) is 6.10 Å². The molecule has 3 nitrogen and oxygen atoms in total. The average molecular weight is 210 g/mol. The summed E-state index contributed by atoms with van der Waals surface area (Å²) in [5.41, 5.74) is 0. The zero-order valence-corrected chi connectivity index (χ0v) is 8.04. The minimum atomic E-state index is -4.62. The SMILES string of the molecule is CC(C)N(CC#N)CC(O)C(F)(F)F. The summed E-state index contributed by atoms with van der Waals surface area (Å²) in [5, 5.41) is 17.1. The molecule has 0 aliphatic rings. The third-order valence-electron chi connectivity index (χ3n) is 1.79. The Morgan fingerprint density at radius 2 is 1.93 bits per heavy atom. The molecule has 0 aromatic heterocycles. The zero-order valence-electron chi connectivity index (χ0n) is 8.04. The Bertz CT molecular complexity index is 210. The van der Waals surface area contributed by atoms with Crippen LogP contribution in [0.15, 0.2) is 0 Å². The molecule has 0 amide bonds. The molecule has 0 bridgehead atoms. The van der Waals surface area contributed by atoms with Crippen LogP contribution in [0, 0.1) is 11.3 Å². The molecule has 0 saturated heterocycles. The summed E-state index contributed by atoms with van der Waals surface area (Å²) in [4.78, 5) is 1.26. The summed E-state index contributed by atoms with van der Waals surface area (Å²) in [6.45, 7) is 2.65. The second-order valence-corrected chi connectivity index (χ2v) is 3.24. The molecule has 0 aliphatic carbocycles. The summed E-state index contributed by atoms with van der Waals surface area (Å²) in [5.74, 6) is 0. The van der Waals surface area contributed by atoms with Crippen LogP contribution in [0.4, 0.5) is 13.2 Å². The second kappa shape index (κ2) is 5.17. The summed E-state index contributed by atoms with van der Waals surface area (Å²) < 4.78 is 35.9. The first-order valence-corrected chi connectivity index (χ1v) is 4.14. The van der Waals surface area contributed by atoms with Gasteiger partial charge in [0.1, 0.15) is 0 Å². The van der Waals surface area contributed by atoms with Crippen molar-refractivity contribution >= 4 is 0 Å². The number of rotatable bonds is 4. The Balaban J connectivity index is 4.25. The normalized spacial score (nSPS) is 14.5. The number of alkyl halides is 3. The van der Waals surface area contributed by atoms with Gasteiger partial charge in [-0.05, 0) is 13.8 Å². The third kappa shape index (κ3) is 4.44. The molecule has 6 heteroatoms. The number of hydrogen-bond donors (Lipinski definition) is 1. The molecule has 0 fully saturated rings. The van der Waals surface area contributed by atoms with Crippen molar-refractivity contribution in [3.8, 4) is 6.07 Å². The average Bonchev–Trinajstić information content (AvgIpc) is 2.01. The molecule has 1 unspecified atom stereocenters. The maximum atomic E-state index is 12.0. The van der Waals surface area contributed by atoms with Crippen LogP contribution in [-0.4, -0.2) is 41.4 Å². The van der Waals surface area contributed by atoms with Gasteiger partial charge in [-0.15, -0.1) is 0 Å². The maximum Gasteiger partial charge on any atom is 0.415 e. The van der Waals surface area contributed by atoms with Crippen molar-refractivity contribution in [3.63, 3.8) is 0 Å². The summed E-state index contributed by atoms with van der Waals surface area (Å²) in [6.07, 6.45) is -7.01. The zero-order chi connectivity index (χ0) is 11.4. The van der Waals surface area contributed by atoms with Gasteiger partial charge in [-0.1, -0.05) is 0 Å². The first-order valence-electron chi connectivity index (χ1n) is 4.14. The monoisotopic (exact) mass is 210 g/mol. The number of aliphatic hydroxyl groups is 1. The number of nitrogens with zero attached hydrogens (tertiary/aromatic N) is 2. The van der Waals surface area contributed by atoms with Gasteiger partial charge >= 0.3 is 6.18 Å². The van der Waals surface area contributed by atoms with E-state index in [9.17, 15) is 13.2 Å². The maximum absolute atomic E-state index is 12.0. The van der Waals surface area contributed by atoms with E-state index in [0.29, 0.717) is 0 Å². The lowest BCUT2D eigenvalue weighted by Gasteiger charge is -2.26. The molecule has 0 aromatic carbocycles. The standard InChI is InChI=1S/C8H13F3N2O/c1-6(2)13(4-3-12)5-7(14)8(9,10)11/h6-7,14H,4-5H2,1-2H3. The van der Waals surface area contributed by atoms with Crippen LogP contribution in [0.5, 0.6) is 0 Å². The van der Waals surface area contributed by atoms with E-state index < -0.39 is 18.8 Å². The molecule has 1 atom stereocenters. The summed E-state index contributed by atoms with van der Waals surface area (Å²) in [6, 6.07) is 1.55. The second-order valence-electron chi connectivity index (χ2n) is 3.24. The molecule has 0 rings (SSSR count). The molecule has 82 valence electrons. The Kier molecular flexibility index (Phi) is 4.88. The molecule has 0 aromatic rings. The first-order chi connectivity index (χ1) is 6.29. The Morgan fingerprint density at radius 3 is 2.21 bits per heavy atom. The molecule has 1 N–H and O–H groups in total. The van der Waals surface area contributed by atoms with Crippen LogP contribution in [0.3, 0.4) is 0 Å². The van der Waals surface area contributed by atoms with Crippen LogP contribution in [0.25, 0.3) is 0 Å². The highest BCUT2D eigenvalue weighted by Crippen LogP contribution is 2.21. The van der Waals surface area contributed by atoms with Gasteiger partial charge in [-0.3, -0.25) is 4.90 Å². The van der Waals surface area contributed by atoms with E-state index in [1.165, 1.54) is 4.90 Å². The number of aliphatic hydroxyl groups excluding tert-OH is 1. The molecule has 0 heterocycles. The first kappa shape index (κ1) is 13.2. The largest absolute Gasteiger partial charge is 0.415 e. The quantitative estimate of drug-likeness (QED) is 0.708. The van der Waals surface area contributed by atoms with Gasteiger partial charge in [0.25, 0.3) is 0 Å². The number of nitriles is 1. The van der Waals surface area contributed by atoms with Crippen molar-refractivity contribution < 1.29 is 18.3 Å². The number of hydrogen-bond acceptors (Lipinski definition) is 3. The third-order valence-corrected chi connectivity index (χ3v) is 1.79. The van der Waals surface area contributed by atoms with Crippen molar-refractivity contribution in [1.29, 1.82) is 5.26 Å². The summed E-state index contributed by atoms with van der Waals surface area (Å²) in [7, 11) is 0. The van der Waals surface area contributed by atoms with E-state index >= 15 is 0 Å². The summed E-state index contributed by atoms with van der Waals surface area (Å²) >= 11 is 0. The van der Waals surface area contributed by atoms with Crippen molar-refractivity contribution in [2.75, 3.05) is 13.1 Å². The van der Waals surface area contributed by atoms with E-state index in [2.05, 4.69) is 0 Å². The minimum absolute atomic E-state index is 0.120. The molecule has 0 radical (unpaired) electrons. The molecule has 0 spiro atoms. The van der Waals surface area contributed by atoms with E-state index in [1.54, 1.807) is 19.9 Å². The smallest absolute Gasteiger partial charge is 0.382 e. The minimum Gasteiger partial charge on any atom is -0.382 e. The van der Waals surface area contributed by atoms with Crippen LogP contribution < -0.4 is 0 Å². The van der Waals surface area contributed by atoms with E-state index in [4.69, 9.17) is 10.4 Å². The molecule has 14 heavy (non-hydrogen) atoms. The lowest BCUT2D eigenvalue weighted by Crippen LogP contribution is -2.43. The highest BCUT2D eigenvalue weighted by molar-refractivity contribution is 4.81. The van der Waals surface area contributed by atoms with Crippen molar-refractivity contribution in [2.45, 2.75) is 32.2 Å². The van der Waals surface area contributed by atoms with Crippen molar-refractivity contribution in [2.24, 2.45) is 0 Å². The van der Waals surface area contributed by atoms with Gasteiger partial charge in [0, 0.05) is 12.6 Å². The lowest BCUT2D eigenvalue weighted by atomic mass is 10.2. The van der Waals surface area contributed by atoms with Crippen LogP contribution in [0.2, 0.25) is 0 Å². The van der Waals surface area contributed by atoms with Crippen molar-refractivity contribution in [1.82, 2.24) is 4.90 Å². The Labute approximate surface area is 80.7 Å². The van der Waals surface area contributed by atoms with Crippen molar-refractivity contribution in [3.05, 3.63) is 0 Å². The molecular formula is C8H13F3N2O. The fourth-order valence-corrected chi connectivity index (χ4v) is 0.874. The van der Waals surface area contributed by atoms with Gasteiger partial charge in [0.2, 0.25) is 0 Å². The van der Waals surface area contributed by atoms with E-state index in [-0.39, 0.29) is 12.6 Å². The highest BCUT2D eigenvalue weighted by atomic mass is 19.4. The van der Waals surface area contributed by atoms with Gasteiger partial charge in [0.05, 0.1) is 12.6 Å². The van der Waals surface area contributed by atoms with Crippen LogP contribution in [0.1, 0.15) is 13.8 Å².